The van der Waals surface area contributed by atoms with Crippen molar-refractivity contribution in [2.45, 2.75) is 18.7 Å². The minimum atomic E-state index is -3.71. The number of anilines is 1. The fourth-order valence-electron chi connectivity index (χ4n) is 2.87. The zero-order valence-corrected chi connectivity index (χ0v) is 17.4. The van der Waals surface area contributed by atoms with Crippen LogP contribution in [0.5, 0.6) is 0 Å². The lowest BCUT2D eigenvalue weighted by Gasteiger charge is -2.17. The van der Waals surface area contributed by atoms with E-state index in [1.54, 1.807) is 48.5 Å². The second kappa shape index (κ2) is 9.11. The van der Waals surface area contributed by atoms with Gasteiger partial charge in [0.2, 0.25) is 10.0 Å². The molecule has 0 aliphatic heterocycles. The molecule has 2 N–H and O–H groups in total. The third-order valence-electron chi connectivity index (χ3n) is 4.35. The fourth-order valence-corrected chi connectivity index (χ4v) is 4.22. The Labute approximate surface area is 175 Å². The van der Waals surface area contributed by atoms with Crippen LogP contribution in [0, 0.1) is 0 Å². The van der Waals surface area contributed by atoms with Crippen molar-refractivity contribution in [1.82, 2.24) is 5.32 Å². The summed E-state index contributed by atoms with van der Waals surface area (Å²) in [4.78, 5) is 12.8. The van der Waals surface area contributed by atoms with Crippen LogP contribution < -0.4 is 10.0 Å². The van der Waals surface area contributed by atoms with Crippen molar-refractivity contribution in [3.8, 4) is 0 Å². The Kier molecular flexibility index (Phi) is 6.56. The zero-order valence-electron chi connectivity index (χ0n) is 15.8. The molecule has 1 amide bonds. The van der Waals surface area contributed by atoms with Crippen LogP contribution in [0.25, 0.3) is 0 Å². The highest BCUT2D eigenvalue weighted by atomic mass is 35.5. The van der Waals surface area contributed by atoms with E-state index in [-0.39, 0.29) is 29.0 Å². The Morgan fingerprint density at radius 1 is 0.931 bits per heavy atom. The summed E-state index contributed by atoms with van der Waals surface area (Å²) in [5.41, 5.74) is 2.05. The van der Waals surface area contributed by atoms with Crippen LogP contribution >= 0.6 is 11.6 Å². The average Bonchev–Trinajstić information content (AvgIpc) is 2.70. The topological polar surface area (TPSA) is 75.3 Å². The summed E-state index contributed by atoms with van der Waals surface area (Å²) >= 11 is 5.84. The number of nitrogens with one attached hydrogen (secondary N) is 2. The summed E-state index contributed by atoms with van der Waals surface area (Å²) in [5, 5.41) is 3.44. The Bertz CT molecular complexity index is 1080. The molecule has 0 aliphatic rings. The third kappa shape index (κ3) is 5.82. The van der Waals surface area contributed by atoms with Crippen LogP contribution in [0.2, 0.25) is 5.02 Å². The molecule has 0 saturated carbocycles. The second-order valence-electron chi connectivity index (χ2n) is 6.64. The van der Waals surface area contributed by atoms with Crippen molar-refractivity contribution in [2.24, 2.45) is 0 Å². The van der Waals surface area contributed by atoms with E-state index in [4.69, 9.17) is 11.6 Å². The second-order valence-corrected chi connectivity index (χ2v) is 8.80. The first-order valence-electron chi connectivity index (χ1n) is 9.04. The number of rotatable bonds is 7. The van der Waals surface area contributed by atoms with Gasteiger partial charge in [0.15, 0.2) is 0 Å². The standard InChI is InChI=1S/C22H21ClN2O3S/c1-16(18-7-3-2-4-8-18)24-22(26)20-9-5-6-10-21(20)25-29(27,28)15-17-11-13-19(23)14-12-17/h2-14,16,25H,15H2,1H3,(H,24,26)/t16-/m1/s1. The van der Waals surface area contributed by atoms with Crippen molar-refractivity contribution in [2.75, 3.05) is 4.72 Å². The third-order valence-corrected chi connectivity index (χ3v) is 5.85. The van der Waals surface area contributed by atoms with Gasteiger partial charge in [0, 0.05) is 5.02 Å². The molecule has 3 aromatic rings. The van der Waals surface area contributed by atoms with E-state index >= 15 is 0 Å². The van der Waals surface area contributed by atoms with Gasteiger partial charge < -0.3 is 5.32 Å². The molecule has 3 rings (SSSR count). The quantitative estimate of drug-likeness (QED) is 0.569. The van der Waals surface area contributed by atoms with Gasteiger partial charge >= 0.3 is 0 Å². The number of carbonyl (C=O) groups is 1. The van der Waals surface area contributed by atoms with Crippen LogP contribution in [0.4, 0.5) is 5.69 Å². The van der Waals surface area contributed by atoms with E-state index in [1.165, 1.54) is 0 Å². The molecule has 7 heteroatoms. The number of sulfonamides is 1. The van der Waals surface area contributed by atoms with E-state index < -0.39 is 10.0 Å². The predicted octanol–water partition coefficient (Wildman–Crippen LogP) is 4.77. The molecule has 5 nitrogen and oxygen atoms in total. The maximum Gasteiger partial charge on any atom is 0.253 e. The Morgan fingerprint density at radius 3 is 2.24 bits per heavy atom. The lowest BCUT2D eigenvalue weighted by molar-refractivity contribution is 0.0941. The van der Waals surface area contributed by atoms with Crippen LogP contribution in [-0.2, 0) is 15.8 Å². The van der Waals surface area contributed by atoms with E-state index in [0.717, 1.165) is 5.56 Å². The molecule has 3 aromatic carbocycles. The lowest BCUT2D eigenvalue weighted by atomic mass is 10.1. The summed E-state index contributed by atoms with van der Waals surface area (Å²) in [6, 6.07) is 22.4. The molecule has 150 valence electrons. The average molecular weight is 429 g/mol. The Balaban J connectivity index is 1.75. The summed E-state index contributed by atoms with van der Waals surface area (Å²) < 4.78 is 27.7. The SMILES string of the molecule is C[C@@H](NC(=O)c1ccccc1NS(=O)(=O)Cc1ccc(Cl)cc1)c1ccccc1. The smallest absolute Gasteiger partial charge is 0.253 e. The number of benzene rings is 3. The van der Waals surface area contributed by atoms with Gasteiger partial charge in [0.1, 0.15) is 0 Å². The van der Waals surface area contributed by atoms with Crippen molar-refractivity contribution >= 4 is 33.2 Å². The molecular weight excluding hydrogens is 408 g/mol. The summed E-state index contributed by atoms with van der Waals surface area (Å²) in [5.74, 6) is -0.577. The molecule has 0 aromatic heterocycles. The summed E-state index contributed by atoms with van der Waals surface area (Å²) in [7, 11) is -3.71. The van der Waals surface area contributed by atoms with Gasteiger partial charge in [0.05, 0.1) is 23.0 Å². The zero-order chi connectivity index (χ0) is 20.9. The molecule has 0 heterocycles. The van der Waals surface area contributed by atoms with E-state index in [1.807, 2.05) is 37.3 Å². The number of halogens is 1. The van der Waals surface area contributed by atoms with Gasteiger partial charge in [-0.25, -0.2) is 8.42 Å². The molecule has 0 spiro atoms. The molecule has 0 bridgehead atoms. The van der Waals surface area contributed by atoms with Crippen molar-refractivity contribution < 1.29 is 13.2 Å². The van der Waals surface area contributed by atoms with Crippen molar-refractivity contribution in [1.29, 1.82) is 0 Å². The number of hydrogen-bond donors (Lipinski definition) is 2. The first-order chi connectivity index (χ1) is 13.8. The molecule has 29 heavy (non-hydrogen) atoms. The number of hydrogen-bond acceptors (Lipinski definition) is 3. The number of carbonyl (C=O) groups excluding carboxylic acids is 1. The monoisotopic (exact) mass is 428 g/mol. The van der Waals surface area contributed by atoms with Crippen molar-refractivity contribution in [3.63, 3.8) is 0 Å². The predicted molar refractivity (Wildman–Crippen MR) is 116 cm³/mol. The molecule has 0 fully saturated rings. The first kappa shape index (κ1) is 20.9. The number of para-hydroxylation sites is 1. The van der Waals surface area contributed by atoms with Gasteiger partial charge in [-0.3, -0.25) is 9.52 Å². The summed E-state index contributed by atoms with van der Waals surface area (Å²) in [6.07, 6.45) is 0. The summed E-state index contributed by atoms with van der Waals surface area (Å²) in [6.45, 7) is 1.88. The largest absolute Gasteiger partial charge is 0.345 e. The van der Waals surface area contributed by atoms with E-state index in [0.29, 0.717) is 10.6 Å². The molecule has 0 unspecified atom stereocenters. The maximum absolute atomic E-state index is 12.8. The van der Waals surface area contributed by atoms with E-state index in [2.05, 4.69) is 10.0 Å². The van der Waals surface area contributed by atoms with E-state index in [9.17, 15) is 13.2 Å². The van der Waals surface area contributed by atoms with Gasteiger partial charge in [0.25, 0.3) is 5.91 Å². The lowest BCUT2D eigenvalue weighted by Crippen LogP contribution is -2.28. The maximum atomic E-state index is 12.8. The Hall–Kier alpha value is -2.83. The van der Waals surface area contributed by atoms with Gasteiger partial charge in [-0.1, -0.05) is 66.2 Å². The number of amides is 1. The Morgan fingerprint density at radius 2 is 1.55 bits per heavy atom. The molecule has 0 radical (unpaired) electrons. The van der Waals surface area contributed by atoms with Crippen LogP contribution in [0.1, 0.15) is 34.5 Å². The molecule has 0 aliphatic carbocycles. The molecular formula is C22H21ClN2O3S. The highest BCUT2D eigenvalue weighted by molar-refractivity contribution is 7.91. The van der Waals surface area contributed by atoms with Crippen LogP contribution in [0.3, 0.4) is 0 Å². The first-order valence-corrected chi connectivity index (χ1v) is 11.1. The molecule has 0 saturated heterocycles. The van der Waals surface area contributed by atoms with Gasteiger partial charge in [-0.05, 0) is 42.3 Å². The van der Waals surface area contributed by atoms with Gasteiger partial charge in [-0.2, -0.15) is 0 Å². The minimum Gasteiger partial charge on any atom is -0.345 e. The van der Waals surface area contributed by atoms with Crippen LogP contribution in [-0.4, -0.2) is 14.3 Å². The molecule has 1 atom stereocenters. The minimum absolute atomic E-state index is 0.220. The normalized spacial score (nSPS) is 12.2. The fraction of sp³-hybridized carbons (Fsp3) is 0.136. The van der Waals surface area contributed by atoms with Crippen LogP contribution in [0.15, 0.2) is 78.9 Å². The highest BCUT2D eigenvalue weighted by Crippen LogP contribution is 2.20. The van der Waals surface area contributed by atoms with Crippen molar-refractivity contribution in [3.05, 3.63) is 101 Å². The van der Waals surface area contributed by atoms with Gasteiger partial charge in [-0.15, -0.1) is 0 Å². The highest BCUT2D eigenvalue weighted by Gasteiger charge is 2.18.